The number of alkyl halides is 7. The number of hydrogen-bond acceptors (Lipinski definition) is 2. The third-order valence-corrected chi connectivity index (χ3v) is 4.33. The highest BCUT2D eigenvalue weighted by Gasteiger charge is 2.72. The molecule has 148 valence electrons. The van der Waals surface area contributed by atoms with Gasteiger partial charge in [-0.15, -0.1) is 0 Å². The van der Waals surface area contributed by atoms with E-state index in [2.05, 4.69) is 0 Å². The van der Waals surface area contributed by atoms with Crippen LogP contribution in [0.25, 0.3) is 0 Å². The van der Waals surface area contributed by atoms with Crippen molar-refractivity contribution in [2.45, 2.75) is 30.9 Å². The summed E-state index contributed by atoms with van der Waals surface area (Å²) in [5, 5.41) is 0. The van der Waals surface area contributed by atoms with Crippen molar-refractivity contribution in [3.05, 3.63) is 0 Å². The number of halogens is 8. The molecule has 0 rings (SSSR count). The number of hydrogen-bond donors (Lipinski definition) is 1. The molecule has 1 N–H and O–H groups in total. The van der Waals surface area contributed by atoms with Gasteiger partial charge in [-0.2, -0.15) is 26.3 Å². The SMILES string of the molecule is C[N+](C)(C)CCCNS(=O)(=O)CCC(F)(C(F)(F)F)C(F)(F)F.[Cl-]. The van der Waals surface area contributed by atoms with Gasteiger partial charge in [-0.05, 0) is 0 Å². The van der Waals surface area contributed by atoms with Crippen LogP contribution in [-0.2, 0) is 10.0 Å². The molecule has 0 unspecified atom stereocenters. The molecule has 0 saturated carbocycles. The minimum absolute atomic E-state index is 0. The second kappa shape index (κ2) is 8.37. The first kappa shape index (κ1) is 25.9. The minimum Gasteiger partial charge on any atom is -1.00 e. The molecular weight excluding hydrogens is 393 g/mol. The van der Waals surface area contributed by atoms with Crippen molar-refractivity contribution in [3.8, 4) is 0 Å². The summed E-state index contributed by atoms with van der Waals surface area (Å²) in [4.78, 5) is 0. The molecule has 0 aromatic rings. The van der Waals surface area contributed by atoms with Crippen molar-refractivity contribution in [2.24, 2.45) is 0 Å². The molecule has 0 aliphatic heterocycles. The van der Waals surface area contributed by atoms with Crippen LogP contribution in [-0.4, -0.2) is 70.9 Å². The van der Waals surface area contributed by atoms with E-state index in [4.69, 9.17) is 0 Å². The van der Waals surface area contributed by atoms with Crippen LogP contribution in [0.3, 0.4) is 0 Å². The van der Waals surface area contributed by atoms with Gasteiger partial charge in [0.05, 0.1) is 33.4 Å². The van der Waals surface area contributed by atoms with Crippen molar-refractivity contribution in [1.29, 1.82) is 0 Å². The van der Waals surface area contributed by atoms with Crippen molar-refractivity contribution in [3.63, 3.8) is 0 Å². The lowest BCUT2D eigenvalue weighted by Crippen LogP contribution is -3.00. The first-order valence-corrected chi connectivity index (χ1v) is 8.17. The predicted molar refractivity (Wildman–Crippen MR) is 69.9 cm³/mol. The van der Waals surface area contributed by atoms with E-state index in [1.54, 1.807) is 0 Å². The zero-order valence-corrected chi connectivity index (χ0v) is 14.8. The normalized spacial score (nSPS) is 14.4. The molecule has 0 amide bonds. The summed E-state index contributed by atoms with van der Waals surface area (Å²) in [5.41, 5.74) is -5.56. The standard InChI is InChI=1S/C11H20F7N2O2S.ClH/c1-20(2,3)7-4-6-19-23(21,22)8-5-9(12,10(13,14)15)11(16,17)18;/h19H,4-8H2,1-3H3;1H/q+1;/p-1. The molecule has 0 fully saturated rings. The number of sulfonamides is 1. The Labute approximate surface area is 142 Å². The Balaban J connectivity index is 0. The average molecular weight is 413 g/mol. The van der Waals surface area contributed by atoms with Gasteiger partial charge in [0, 0.05) is 19.4 Å². The van der Waals surface area contributed by atoms with Crippen LogP contribution in [0.1, 0.15) is 12.8 Å². The first-order chi connectivity index (χ1) is 9.91. The zero-order chi connectivity index (χ0) is 18.7. The molecule has 0 saturated heterocycles. The van der Waals surface area contributed by atoms with Crippen LogP contribution >= 0.6 is 0 Å². The van der Waals surface area contributed by atoms with Crippen LogP contribution in [0.2, 0.25) is 0 Å². The number of nitrogens with one attached hydrogen (secondary N) is 1. The maximum absolute atomic E-state index is 13.3. The highest BCUT2D eigenvalue weighted by Crippen LogP contribution is 2.48. The van der Waals surface area contributed by atoms with Gasteiger partial charge in [0.15, 0.2) is 0 Å². The fraction of sp³-hybridized carbons (Fsp3) is 1.00. The Hall–Kier alpha value is -0.330. The molecule has 0 heterocycles. The molecule has 0 bridgehead atoms. The summed E-state index contributed by atoms with van der Waals surface area (Å²) in [6.07, 6.45) is -14.4. The number of nitrogens with zero attached hydrogens (tertiary/aromatic N) is 1. The lowest BCUT2D eigenvalue weighted by Gasteiger charge is -2.29. The maximum Gasteiger partial charge on any atom is 0.431 e. The molecule has 0 aromatic heterocycles. The Morgan fingerprint density at radius 2 is 1.33 bits per heavy atom. The van der Waals surface area contributed by atoms with Gasteiger partial charge >= 0.3 is 12.4 Å². The first-order valence-electron chi connectivity index (χ1n) is 6.51. The Morgan fingerprint density at radius 1 is 0.917 bits per heavy atom. The monoisotopic (exact) mass is 412 g/mol. The van der Waals surface area contributed by atoms with Crippen molar-refractivity contribution in [2.75, 3.05) is 40.0 Å². The van der Waals surface area contributed by atoms with Gasteiger partial charge in [-0.1, -0.05) is 0 Å². The number of quaternary nitrogens is 1. The van der Waals surface area contributed by atoms with Gasteiger partial charge in [-0.3, -0.25) is 0 Å². The molecule has 0 aliphatic rings. The third kappa shape index (κ3) is 8.17. The maximum atomic E-state index is 13.3. The van der Waals surface area contributed by atoms with Crippen molar-refractivity contribution < 1.29 is 56.0 Å². The van der Waals surface area contributed by atoms with Gasteiger partial charge in [-0.25, -0.2) is 17.5 Å². The smallest absolute Gasteiger partial charge is 0.431 e. The minimum atomic E-state index is -6.25. The van der Waals surface area contributed by atoms with E-state index in [0.29, 0.717) is 17.4 Å². The topological polar surface area (TPSA) is 46.2 Å². The fourth-order valence-electron chi connectivity index (χ4n) is 1.57. The van der Waals surface area contributed by atoms with E-state index in [1.165, 1.54) is 0 Å². The molecular formula is C11H20ClF7N2O2S. The Bertz CT molecular complexity index is 472. The summed E-state index contributed by atoms with van der Waals surface area (Å²) < 4.78 is 112. The average Bonchev–Trinajstić information content (AvgIpc) is 2.28. The summed E-state index contributed by atoms with van der Waals surface area (Å²) in [6.45, 7) is 0.371. The van der Waals surface area contributed by atoms with Gasteiger partial charge < -0.3 is 16.9 Å². The summed E-state index contributed by atoms with van der Waals surface area (Å²) in [5.74, 6) is -1.62. The van der Waals surface area contributed by atoms with Gasteiger partial charge in [0.1, 0.15) is 0 Å². The molecule has 0 aliphatic carbocycles. The van der Waals surface area contributed by atoms with E-state index in [-0.39, 0.29) is 19.0 Å². The Kier molecular flexibility index (Phi) is 9.03. The van der Waals surface area contributed by atoms with Crippen LogP contribution < -0.4 is 17.1 Å². The summed E-state index contributed by atoms with van der Waals surface area (Å²) in [6, 6.07) is 0. The van der Waals surface area contributed by atoms with Crippen molar-refractivity contribution in [1.82, 2.24) is 4.72 Å². The lowest BCUT2D eigenvalue weighted by atomic mass is 10.0. The number of rotatable bonds is 8. The summed E-state index contributed by atoms with van der Waals surface area (Å²) >= 11 is 0. The second-order valence-corrected chi connectivity index (χ2v) is 8.05. The van der Waals surface area contributed by atoms with E-state index in [1.807, 2.05) is 25.9 Å². The molecule has 0 radical (unpaired) electrons. The molecule has 4 nitrogen and oxygen atoms in total. The highest BCUT2D eigenvalue weighted by atomic mass is 35.5. The van der Waals surface area contributed by atoms with Gasteiger partial charge in [0.25, 0.3) is 5.67 Å². The fourth-order valence-corrected chi connectivity index (χ4v) is 2.72. The summed E-state index contributed by atoms with van der Waals surface area (Å²) in [7, 11) is 1.00. The van der Waals surface area contributed by atoms with E-state index in [9.17, 15) is 39.2 Å². The lowest BCUT2D eigenvalue weighted by molar-refractivity contribution is -0.870. The van der Waals surface area contributed by atoms with Crippen molar-refractivity contribution >= 4 is 10.0 Å². The zero-order valence-electron chi connectivity index (χ0n) is 13.2. The molecule has 0 atom stereocenters. The molecule has 0 spiro atoms. The molecule has 13 heteroatoms. The third-order valence-electron chi connectivity index (χ3n) is 2.94. The van der Waals surface area contributed by atoms with Crippen LogP contribution in [0.4, 0.5) is 30.7 Å². The largest absolute Gasteiger partial charge is 1.00 e. The molecule has 0 aromatic carbocycles. The van der Waals surface area contributed by atoms with Gasteiger partial charge in [0.2, 0.25) is 10.0 Å². The van der Waals surface area contributed by atoms with E-state index < -0.39 is 40.2 Å². The van der Waals surface area contributed by atoms with E-state index >= 15 is 0 Å². The predicted octanol–water partition coefficient (Wildman–Crippen LogP) is -0.771. The van der Waals surface area contributed by atoms with Crippen LogP contribution in [0, 0.1) is 0 Å². The van der Waals surface area contributed by atoms with Crippen LogP contribution in [0.5, 0.6) is 0 Å². The van der Waals surface area contributed by atoms with E-state index in [0.717, 1.165) is 0 Å². The Morgan fingerprint density at radius 3 is 1.67 bits per heavy atom. The quantitative estimate of drug-likeness (QED) is 0.323. The molecule has 24 heavy (non-hydrogen) atoms. The highest BCUT2D eigenvalue weighted by molar-refractivity contribution is 7.89. The second-order valence-electron chi connectivity index (χ2n) is 6.13. The van der Waals surface area contributed by atoms with Crippen LogP contribution in [0.15, 0.2) is 0 Å².